The van der Waals surface area contributed by atoms with Crippen molar-refractivity contribution in [1.29, 1.82) is 5.26 Å². The van der Waals surface area contributed by atoms with E-state index in [-0.39, 0.29) is 5.41 Å². The van der Waals surface area contributed by atoms with Gasteiger partial charge in [0.15, 0.2) is 0 Å². The highest BCUT2D eigenvalue weighted by atomic mass is 15.2. The first-order chi connectivity index (χ1) is 12.1. The average molecular weight is 332 g/mol. The van der Waals surface area contributed by atoms with Crippen molar-refractivity contribution in [2.75, 3.05) is 31.5 Å². The number of nitrogens with zero attached hydrogens (tertiary/aromatic N) is 2. The van der Waals surface area contributed by atoms with Gasteiger partial charge in [0.05, 0.1) is 11.6 Å². The second-order valence-electron chi connectivity index (χ2n) is 7.53. The second kappa shape index (κ2) is 6.18. The van der Waals surface area contributed by atoms with Crippen LogP contribution >= 0.6 is 0 Å². The molecule has 2 aromatic carbocycles. The van der Waals surface area contributed by atoms with E-state index in [1.54, 1.807) is 0 Å². The van der Waals surface area contributed by atoms with Gasteiger partial charge in [0.2, 0.25) is 0 Å². The molecule has 0 atom stereocenters. The Bertz CT molecular complexity index is 841. The minimum atomic E-state index is -0.0800. The van der Waals surface area contributed by atoms with Crippen molar-refractivity contribution in [3.05, 3.63) is 58.7 Å². The third-order valence-electron chi connectivity index (χ3n) is 5.46. The quantitative estimate of drug-likeness (QED) is 0.885. The van der Waals surface area contributed by atoms with Gasteiger partial charge in [-0.05, 0) is 34.9 Å². The van der Waals surface area contributed by atoms with Crippen LogP contribution in [0.25, 0.3) is 0 Å². The van der Waals surface area contributed by atoms with Crippen LogP contribution in [0.3, 0.4) is 0 Å². The molecule has 0 aromatic heterocycles. The summed E-state index contributed by atoms with van der Waals surface area (Å²) in [6.45, 7) is 9.92. The van der Waals surface area contributed by atoms with Crippen LogP contribution in [0.5, 0.6) is 0 Å². The van der Waals surface area contributed by atoms with Crippen LogP contribution in [0, 0.1) is 11.3 Å². The lowest BCUT2D eigenvalue weighted by Crippen LogP contribution is -2.42. The Morgan fingerprint density at radius 3 is 2.60 bits per heavy atom. The molecular formula is C21H24N4. The molecule has 2 aromatic rings. The van der Waals surface area contributed by atoms with E-state index in [1.165, 1.54) is 16.7 Å². The molecule has 0 saturated carbocycles. The zero-order chi connectivity index (χ0) is 17.4. The van der Waals surface area contributed by atoms with Gasteiger partial charge in [0.25, 0.3) is 0 Å². The van der Waals surface area contributed by atoms with Crippen LogP contribution < -0.4 is 10.6 Å². The molecule has 2 N–H and O–H groups in total. The minimum Gasteiger partial charge on any atom is -0.355 e. The van der Waals surface area contributed by atoms with Crippen molar-refractivity contribution in [1.82, 2.24) is 10.2 Å². The lowest BCUT2D eigenvalue weighted by molar-refractivity contribution is 0.233. The summed E-state index contributed by atoms with van der Waals surface area (Å²) in [6, 6.07) is 15.0. The first kappa shape index (κ1) is 16.1. The molecule has 0 amide bonds. The highest BCUT2D eigenvalue weighted by molar-refractivity contribution is 5.76. The lowest BCUT2D eigenvalue weighted by atomic mass is 9.73. The van der Waals surface area contributed by atoms with Crippen LogP contribution in [0.2, 0.25) is 0 Å². The van der Waals surface area contributed by atoms with Gasteiger partial charge in [-0.2, -0.15) is 5.26 Å². The largest absolute Gasteiger partial charge is 0.355 e. The molecule has 0 unspecified atom stereocenters. The fourth-order valence-corrected chi connectivity index (χ4v) is 4.00. The number of rotatable bonds is 2. The summed E-state index contributed by atoms with van der Waals surface area (Å²) in [5.74, 6) is 0. The first-order valence-corrected chi connectivity index (χ1v) is 8.96. The average Bonchev–Trinajstić information content (AvgIpc) is 2.63. The summed E-state index contributed by atoms with van der Waals surface area (Å²) in [7, 11) is 0. The molecule has 4 rings (SSSR count). The molecule has 4 heteroatoms. The SMILES string of the molecule is CC1(C)c2ccc(C#N)cc2Nc2ccc(CN3CCNCC3)cc21. The van der Waals surface area contributed by atoms with E-state index in [2.05, 4.69) is 59.7 Å². The van der Waals surface area contributed by atoms with Crippen LogP contribution in [0.4, 0.5) is 11.4 Å². The Morgan fingerprint density at radius 2 is 1.84 bits per heavy atom. The molecule has 0 aliphatic carbocycles. The van der Waals surface area contributed by atoms with Crippen molar-refractivity contribution in [3.8, 4) is 6.07 Å². The third kappa shape index (κ3) is 2.90. The molecule has 1 fully saturated rings. The number of anilines is 2. The highest BCUT2D eigenvalue weighted by Gasteiger charge is 2.32. The Kier molecular flexibility index (Phi) is 3.99. The first-order valence-electron chi connectivity index (χ1n) is 8.96. The molecule has 0 bridgehead atoms. The highest BCUT2D eigenvalue weighted by Crippen LogP contribution is 2.45. The summed E-state index contributed by atoms with van der Waals surface area (Å²) >= 11 is 0. The maximum atomic E-state index is 9.17. The van der Waals surface area contributed by atoms with E-state index in [9.17, 15) is 0 Å². The van der Waals surface area contributed by atoms with Crippen molar-refractivity contribution < 1.29 is 0 Å². The zero-order valence-corrected chi connectivity index (χ0v) is 14.9. The van der Waals surface area contributed by atoms with Crippen molar-refractivity contribution in [2.45, 2.75) is 25.8 Å². The van der Waals surface area contributed by atoms with E-state index < -0.39 is 0 Å². The number of nitriles is 1. The number of hydrogen-bond acceptors (Lipinski definition) is 4. The molecule has 2 heterocycles. The Hall–Kier alpha value is -2.35. The molecule has 128 valence electrons. The monoisotopic (exact) mass is 332 g/mol. The van der Waals surface area contributed by atoms with E-state index in [0.717, 1.165) is 44.1 Å². The number of nitrogens with one attached hydrogen (secondary N) is 2. The molecule has 1 saturated heterocycles. The van der Waals surface area contributed by atoms with Gasteiger partial charge in [-0.15, -0.1) is 0 Å². The van der Waals surface area contributed by atoms with Gasteiger partial charge in [-0.25, -0.2) is 0 Å². The minimum absolute atomic E-state index is 0.0800. The van der Waals surface area contributed by atoms with Crippen LogP contribution in [-0.2, 0) is 12.0 Å². The maximum Gasteiger partial charge on any atom is 0.0992 e. The fourth-order valence-electron chi connectivity index (χ4n) is 4.00. The molecule has 0 spiro atoms. The summed E-state index contributed by atoms with van der Waals surface area (Å²) in [4.78, 5) is 2.51. The van der Waals surface area contributed by atoms with Gasteiger partial charge in [0.1, 0.15) is 0 Å². The molecule has 2 aliphatic rings. The van der Waals surface area contributed by atoms with Crippen molar-refractivity contribution in [3.63, 3.8) is 0 Å². The van der Waals surface area contributed by atoms with Gasteiger partial charge in [-0.3, -0.25) is 4.90 Å². The summed E-state index contributed by atoms with van der Waals surface area (Å²) < 4.78 is 0. The lowest BCUT2D eigenvalue weighted by Gasteiger charge is -2.36. The van der Waals surface area contributed by atoms with E-state index >= 15 is 0 Å². The normalized spacial score (nSPS) is 18.6. The zero-order valence-electron chi connectivity index (χ0n) is 14.9. The fraction of sp³-hybridized carbons (Fsp3) is 0.381. The van der Waals surface area contributed by atoms with Crippen LogP contribution in [0.1, 0.15) is 36.1 Å². The van der Waals surface area contributed by atoms with Gasteiger partial charge < -0.3 is 10.6 Å². The molecular weight excluding hydrogens is 308 g/mol. The molecule has 0 radical (unpaired) electrons. The van der Waals surface area contributed by atoms with Crippen molar-refractivity contribution >= 4 is 11.4 Å². The predicted molar refractivity (Wildman–Crippen MR) is 101 cm³/mol. The van der Waals surface area contributed by atoms with Gasteiger partial charge in [0, 0.05) is 49.5 Å². The molecule has 4 nitrogen and oxygen atoms in total. The van der Waals surface area contributed by atoms with E-state index in [4.69, 9.17) is 5.26 Å². The molecule has 25 heavy (non-hydrogen) atoms. The van der Waals surface area contributed by atoms with Crippen LogP contribution in [0.15, 0.2) is 36.4 Å². The van der Waals surface area contributed by atoms with E-state index in [1.807, 2.05) is 12.1 Å². The summed E-state index contributed by atoms with van der Waals surface area (Å²) in [6.07, 6.45) is 0. The second-order valence-corrected chi connectivity index (χ2v) is 7.53. The number of fused-ring (bicyclic) bond motifs is 2. The summed E-state index contributed by atoms with van der Waals surface area (Å²) in [5, 5.41) is 16.1. The Labute approximate surface area is 149 Å². The molecule has 2 aliphatic heterocycles. The van der Waals surface area contributed by atoms with Crippen LogP contribution in [-0.4, -0.2) is 31.1 Å². The Balaban J connectivity index is 1.68. The van der Waals surface area contributed by atoms with Crippen molar-refractivity contribution in [2.24, 2.45) is 0 Å². The maximum absolute atomic E-state index is 9.17. The smallest absolute Gasteiger partial charge is 0.0992 e. The number of piperazine rings is 1. The summed E-state index contributed by atoms with van der Waals surface area (Å²) in [5.41, 5.74) is 6.76. The topological polar surface area (TPSA) is 51.1 Å². The Morgan fingerprint density at radius 1 is 1.04 bits per heavy atom. The third-order valence-corrected chi connectivity index (χ3v) is 5.46. The van der Waals surface area contributed by atoms with E-state index in [0.29, 0.717) is 5.56 Å². The van der Waals surface area contributed by atoms with Gasteiger partial charge in [-0.1, -0.05) is 32.0 Å². The predicted octanol–water partition coefficient (Wildman–Crippen LogP) is 3.35. The standard InChI is InChI=1S/C21H24N4/c1-21(2)17-5-3-15(13-22)12-20(17)24-19-6-4-16(11-18(19)21)14-25-9-7-23-8-10-25/h3-6,11-12,23-24H,7-10,14H2,1-2H3. The number of benzene rings is 2. The number of hydrogen-bond donors (Lipinski definition) is 2. The van der Waals surface area contributed by atoms with Gasteiger partial charge >= 0.3 is 0 Å².